The van der Waals surface area contributed by atoms with E-state index in [2.05, 4.69) is 27.0 Å². The van der Waals surface area contributed by atoms with E-state index in [1.807, 2.05) is 60.9 Å². The van der Waals surface area contributed by atoms with Crippen LogP contribution in [0.4, 0.5) is 5.69 Å². The zero-order valence-corrected chi connectivity index (χ0v) is 20.8. The first kappa shape index (κ1) is 24.1. The number of nitrogens with one attached hydrogen (secondary N) is 1. The number of hydrogen-bond donors (Lipinski definition) is 1. The highest BCUT2D eigenvalue weighted by Gasteiger charge is 2.19. The fraction of sp³-hybridized carbons (Fsp3) is 0.296. The summed E-state index contributed by atoms with van der Waals surface area (Å²) in [5.41, 5.74) is 4.35. The number of morpholine rings is 1. The van der Waals surface area contributed by atoms with Crippen molar-refractivity contribution in [2.75, 3.05) is 51.3 Å². The summed E-state index contributed by atoms with van der Waals surface area (Å²) in [5, 5.41) is 10.7. The average Bonchev–Trinajstić information content (AvgIpc) is 3.31. The van der Waals surface area contributed by atoms with Crippen LogP contribution in [0.2, 0.25) is 5.02 Å². The van der Waals surface area contributed by atoms with Crippen molar-refractivity contribution in [3.05, 3.63) is 82.0 Å². The van der Waals surface area contributed by atoms with Gasteiger partial charge in [0.15, 0.2) is 0 Å². The Kier molecular flexibility index (Phi) is 7.05. The molecule has 1 N–H and O–H groups in total. The Morgan fingerprint density at radius 3 is 2.83 bits per heavy atom. The highest BCUT2D eigenvalue weighted by Crippen LogP contribution is 2.30. The summed E-state index contributed by atoms with van der Waals surface area (Å²) in [5.74, 6) is 0. The van der Waals surface area contributed by atoms with Crippen LogP contribution in [0.5, 0.6) is 0 Å². The Bertz CT molecular complexity index is 1470. The van der Waals surface area contributed by atoms with Gasteiger partial charge in [-0.15, -0.1) is 0 Å². The van der Waals surface area contributed by atoms with Crippen LogP contribution in [-0.4, -0.2) is 65.9 Å². The molecule has 1 aliphatic heterocycles. The first-order chi connectivity index (χ1) is 17.5. The molecule has 1 atom stereocenters. The molecule has 8 nitrogen and oxygen atoms in total. The molecule has 4 heterocycles. The maximum absolute atomic E-state index is 13.4. The second-order valence-corrected chi connectivity index (χ2v) is 9.41. The molecule has 0 aliphatic carbocycles. The van der Waals surface area contributed by atoms with Crippen LogP contribution in [0.15, 0.2) is 65.8 Å². The van der Waals surface area contributed by atoms with Crippen LogP contribution in [0, 0.1) is 11.3 Å². The Labute approximate surface area is 214 Å². The first-order valence-corrected chi connectivity index (χ1v) is 12.2. The van der Waals surface area contributed by atoms with E-state index >= 15 is 0 Å². The Balaban J connectivity index is 1.51. The first-order valence-electron chi connectivity index (χ1n) is 11.9. The van der Waals surface area contributed by atoms with Crippen LogP contribution in [0.25, 0.3) is 22.2 Å². The van der Waals surface area contributed by atoms with Gasteiger partial charge in [-0.2, -0.15) is 5.26 Å². The van der Waals surface area contributed by atoms with Gasteiger partial charge >= 0.3 is 0 Å². The number of H-pyrrole nitrogens is 1. The number of hydrogen-bond acceptors (Lipinski definition) is 6. The number of aromatic nitrogens is 3. The Morgan fingerprint density at radius 2 is 2.08 bits per heavy atom. The number of ether oxygens (including phenoxy) is 1. The number of halogens is 1. The normalized spacial score (nSPS) is 14.8. The van der Waals surface area contributed by atoms with Crippen molar-refractivity contribution in [1.82, 2.24) is 19.4 Å². The number of rotatable bonds is 7. The minimum atomic E-state index is -0.291. The highest BCUT2D eigenvalue weighted by atomic mass is 35.5. The molecular formula is C27H27ClN6O2. The van der Waals surface area contributed by atoms with Gasteiger partial charge in [0.2, 0.25) is 0 Å². The van der Waals surface area contributed by atoms with Gasteiger partial charge in [0.1, 0.15) is 5.65 Å². The predicted octanol–water partition coefficient (Wildman–Crippen LogP) is 3.93. The lowest BCUT2D eigenvalue weighted by atomic mass is 10.0. The molecule has 1 unspecified atom stereocenters. The van der Waals surface area contributed by atoms with Crippen LogP contribution < -0.4 is 10.5 Å². The smallest absolute Gasteiger partial charge is 0.251 e. The van der Waals surface area contributed by atoms with E-state index in [1.165, 1.54) is 0 Å². The zero-order chi connectivity index (χ0) is 25.1. The molecule has 0 bridgehead atoms. The third kappa shape index (κ3) is 5.00. The lowest BCUT2D eigenvalue weighted by Crippen LogP contribution is -2.36. The number of benzene rings is 1. The number of nitrogens with zero attached hydrogens (tertiary/aromatic N) is 5. The van der Waals surface area contributed by atoms with E-state index in [0.29, 0.717) is 24.8 Å². The molecule has 0 amide bonds. The molecule has 3 aromatic heterocycles. The van der Waals surface area contributed by atoms with Gasteiger partial charge < -0.3 is 19.2 Å². The Morgan fingerprint density at radius 1 is 1.25 bits per heavy atom. The van der Waals surface area contributed by atoms with Crippen molar-refractivity contribution in [1.29, 1.82) is 5.26 Å². The summed E-state index contributed by atoms with van der Waals surface area (Å²) in [4.78, 5) is 25.4. The predicted molar refractivity (Wildman–Crippen MR) is 142 cm³/mol. The molecule has 4 aromatic rings. The van der Waals surface area contributed by atoms with E-state index in [4.69, 9.17) is 21.6 Å². The van der Waals surface area contributed by atoms with E-state index in [9.17, 15) is 4.79 Å². The van der Waals surface area contributed by atoms with Crippen LogP contribution in [0.3, 0.4) is 0 Å². The van der Waals surface area contributed by atoms with E-state index in [-0.39, 0.29) is 18.1 Å². The third-order valence-electron chi connectivity index (χ3n) is 6.55. The van der Waals surface area contributed by atoms with E-state index in [1.54, 1.807) is 10.6 Å². The molecule has 0 saturated carbocycles. The number of fused-ring (bicyclic) bond motifs is 1. The van der Waals surface area contributed by atoms with Gasteiger partial charge in [-0.05, 0) is 42.4 Å². The lowest BCUT2D eigenvalue weighted by Gasteiger charge is -2.28. The monoisotopic (exact) mass is 502 g/mol. The zero-order valence-electron chi connectivity index (χ0n) is 20.0. The van der Waals surface area contributed by atoms with Gasteiger partial charge in [0, 0.05) is 54.1 Å². The quantitative estimate of drug-likeness (QED) is 0.385. The molecule has 0 spiro atoms. The summed E-state index contributed by atoms with van der Waals surface area (Å²) in [7, 11) is 1.87. The molecule has 1 aromatic carbocycles. The number of likely N-dealkylation sites (N-methyl/N-ethyl adjacent to an activating group) is 1. The summed E-state index contributed by atoms with van der Waals surface area (Å²) >= 11 is 6.26. The SMILES string of the molecule is CN(CC#N)CC(c1cccc(Cl)c1)n1ccc(-c2c[nH]c3ncc(N4CCOCC4)cc23)cc1=O. The molecule has 0 radical (unpaired) electrons. The summed E-state index contributed by atoms with van der Waals surface area (Å²) in [6.45, 7) is 3.81. The van der Waals surface area contributed by atoms with Gasteiger partial charge in [-0.25, -0.2) is 4.98 Å². The number of anilines is 1. The molecule has 9 heteroatoms. The fourth-order valence-electron chi connectivity index (χ4n) is 4.69. The number of pyridine rings is 2. The van der Waals surface area contributed by atoms with Crippen LogP contribution in [-0.2, 0) is 4.74 Å². The minimum Gasteiger partial charge on any atom is -0.378 e. The van der Waals surface area contributed by atoms with Crippen molar-refractivity contribution in [2.45, 2.75) is 6.04 Å². The van der Waals surface area contributed by atoms with Crippen LogP contribution in [0.1, 0.15) is 11.6 Å². The summed E-state index contributed by atoms with van der Waals surface area (Å²) < 4.78 is 7.18. The summed E-state index contributed by atoms with van der Waals surface area (Å²) in [6, 6.07) is 15.1. The molecule has 5 rings (SSSR count). The van der Waals surface area contributed by atoms with Crippen molar-refractivity contribution in [2.24, 2.45) is 0 Å². The van der Waals surface area contributed by atoms with Crippen LogP contribution >= 0.6 is 11.6 Å². The van der Waals surface area contributed by atoms with Crippen molar-refractivity contribution < 1.29 is 4.74 Å². The molecule has 1 aliphatic rings. The Hall–Kier alpha value is -3.64. The van der Waals surface area contributed by atoms with Gasteiger partial charge in [-0.1, -0.05) is 23.7 Å². The molecular weight excluding hydrogens is 476 g/mol. The van der Waals surface area contributed by atoms with Gasteiger partial charge in [0.05, 0.1) is 43.8 Å². The maximum atomic E-state index is 13.4. The number of aromatic amines is 1. The molecule has 1 fully saturated rings. The third-order valence-corrected chi connectivity index (χ3v) is 6.78. The lowest BCUT2D eigenvalue weighted by molar-refractivity contribution is 0.122. The maximum Gasteiger partial charge on any atom is 0.251 e. The second kappa shape index (κ2) is 10.5. The molecule has 1 saturated heterocycles. The average molecular weight is 503 g/mol. The topological polar surface area (TPSA) is 90.2 Å². The molecule has 184 valence electrons. The van der Waals surface area contributed by atoms with Gasteiger partial charge in [0.25, 0.3) is 5.56 Å². The van der Waals surface area contributed by atoms with Crippen molar-refractivity contribution in [3.63, 3.8) is 0 Å². The van der Waals surface area contributed by atoms with Gasteiger partial charge in [-0.3, -0.25) is 9.69 Å². The van der Waals surface area contributed by atoms with Crippen molar-refractivity contribution >= 4 is 28.3 Å². The van der Waals surface area contributed by atoms with E-state index < -0.39 is 0 Å². The number of nitriles is 1. The molecule has 36 heavy (non-hydrogen) atoms. The van der Waals surface area contributed by atoms with E-state index in [0.717, 1.165) is 46.5 Å². The summed E-state index contributed by atoms with van der Waals surface area (Å²) in [6.07, 6.45) is 5.59. The van der Waals surface area contributed by atoms with Crippen molar-refractivity contribution in [3.8, 4) is 17.2 Å². The highest BCUT2D eigenvalue weighted by molar-refractivity contribution is 6.30. The standard InChI is InChI=1S/C27H27ClN6O2/c1-32(8-6-29)18-25(20-3-2-4-21(28)13-20)34-7-5-19(14-26(34)35)24-17-31-27-23(24)15-22(16-30-27)33-9-11-36-12-10-33/h2-5,7,13-17,25H,8-12,18H2,1H3,(H,30,31). The minimum absolute atomic E-state index is 0.130. The largest absolute Gasteiger partial charge is 0.378 e. The fourth-order valence-corrected chi connectivity index (χ4v) is 4.89. The second-order valence-electron chi connectivity index (χ2n) is 8.98.